The first kappa shape index (κ1) is 11.0. The number of rotatable bonds is 1. The summed E-state index contributed by atoms with van der Waals surface area (Å²) in [5.74, 6) is -0.145. The average Bonchev–Trinajstić information content (AvgIpc) is 2.86. The van der Waals surface area contributed by atoms with E-state index in [1.807, 2.05) is 0 Å². The molecule has 1 saturated carbocycles. The van der Waals surface area contributed by atoms with Gasteiger partial charge in [0.25, 0.3) is 0 Å². The Hall–Kier alpha value is -0.870. The second-order valence-corrected chi connectivity index (χ2v) is 5.98. The Kier molecular flexibility index (Phi) is 2.19. The van der Waals surface area contributed by atoms with Gasteiger partial charge in [-0.25, -0.2) is 4.79 Å². The number of nitrogens with zero attached hydrogens (tertiary/aromatic N) is 1. The quantitative estimate of drug-likeness (QED) is 0.656. The monoisotopic (exact) mass is 249 g/mol. The predicted octanol–water partition coefficient (Wildman–Crippen LogP) is 1.25. The van der Waals surface area contributed by atoms with Crippen molar-refractivity contribution in [2.75, 3.05) is 13.7 Å². The molecule has 1 spiro atoms. The molecule has 4 heteroatoms. The maximum atomic E-state index is 11.7. The van der Waals surface area contributed by atoms with E-state index < -0.39 is 0 Å². The molecule has 18 heavy (non-hydrogen) atoms. The Labute approximate surface area is 107 Å². The Bertz CT molecular complexity index is 433. The summed E-state index contributed by atoms with van der Waals surface area (Å²) in [6.07, 6.45) is 7.40. The van der Waals surface area contributed by atoms with Crippen molar-refractivity contribution in [2.24, 2.45) is 0 Å². The molecule has 4 rings (SSSR count). The number of carbonyl (C=O) groups excluding carboxylic acids is 1. The lowest BCUT2D eigenvalue weighted by molar-refractivity contribution is -0.148. The van der Waals surface area contributed by atoms with Gasteiger partial charge in [-0.2, -0.15) is 0 Å². The third-order valence-corrected chi connectivity index (χ3v) is 5.29. The van der Waals surface area contributed by atoms with Gasteiger partial charge in [0.1, 0.15) is 0 Å². The highest BCUT2D eigenvalue weighted by Gasteiger charge is 2.63. The first-order valence-electron chi connectivity index (χ1n) is 6.97. The van der Waals surface area contributed by atoms with Crippen LogP contribution in [-0.4, -0.2) is 48.3 Å². The highest BCUT2D eigenvalue weighted by atomic mass is 16.6. The molecule has 1 aliphatic carbocycles. The van der Waals surface area contributed by atoms with Gasteiger partial charge in [0.15, 0.2) is 5.60 Å². The van der Waals surface area contributed by atoms with Crippen LogP contribution in [0.25, 0.3) is 0 Å². The highest BCUT2D eigenvalue weighted by Crippen LogP contribution is 2.54. The molecule has 4 aliphatic rings. The van der Waals surface area contributed by atoms with Crippen LogP contribution in [-0.2, 0) is 14.3 Å². The van der Waals surface area contributed by atoms with Crippen molar-refractivity contribution in [1.29, 1.82) is 0 Å². The summed E-state index contributed by atoms with van der Waals surface area (Å²) < 4.78 is 11.4. The summed E-state index contributed by atoms with van der Waals surface area (Å²) in [6.45, 7) is 1.13. The van der Waals surface area contributed by atoms with E-state index in [1.54, 1.807) is 13.2 Å². The van der Waals surface area contributed by atoms with Gasteiger partial charge in [0.2, 0.25) is 0 Å². The van der Waals surface area contributed by atoms with E-state index >= 15 is 0 Å². The lowest BCUT2D eigenvalue weighted by atomic mass is 9.76. The number of methoxy groups -OCH3 is 1. The fraction of sp³-hybridized carbons (Fsp3) is 0.786. The lowest BCUT2D eigenvalue weighted by Crippen LogP contribution is -2.48. The minimum absolute atomic E-state index is 0.145. The molecular formula is C14H19NO3. The fourth-order valence-corrected chi connectivity index (χ4v) is 4.58. The van der Waals surface area contributed by atoms with Crippen LogP contribution in [0.2, 0.25) is 0 Å². The normalized spacial score (nSPS) is 46.4. The molecule has 0 N–H and O–H groups in total. The van der Waals surface area contributed by atoms with Crippen LogP contribution in [0, 0.1) is 0 Å². The zero-order valence-electron chi connectivity index (χ0n) is 10.7. The van der Waals surface area contributed by atoms with Crippen LogP contribution in [0.1, 0.15) is 32.1 Å². The van der Waals surface area contributed by atoms with E-state index in [4.69, 9.17) is 9.47 Å². The first-order chi connectivity index (χ1) is 8.74. The average molecular weight is 249 g/mol. The van der Waals surface area contributed by atoms with Crippen molar-refractivity contribution in [2.45, 2.75) is 55.9 Å². The van der Waals surface area contributed by atoms with Gasteiger partial charge in [-0.15, -0.1) is 0 Å². The second kappa shape index (κ2) is 3.58. The SMILES string of the molecule is CO[C@@H]1CC2=CC(=O)O[C@@]23C[C@@H]1N1CCCC[C@@H]13. The maximum Gasteiger partial charge on any atom is 0.331 e. The highest BCUT2D eigenvalue weighted by molar-refractivity contribution is 5.87. The van der Waals surface area contributed by atoms with Crippen molar-refractivity contribution < 1.29 is 14.3 Å². The van der Waals surface area contributed by atoms with Crippen LogP contribution < -0.4 is 0 Å². The Morgan fingerprint density at radius 1 is 1.50 bits per heavy atom. The van der Waals surface area contributed by atoms with Gasteiger partial charge in [-0.3, -0.25) is 4.90 Å². The van der Waals surface area contributed by atoms with Crippen molar-refractivity contribution in [3.8, 4) is 0 Å². The number of carbonyl (C=O) groups is 1. The van der Waals surface area contributed by atoms with Gasteiger partial charge in [-0.05, 0) is 25.0 Å². The van der Waals surface area contributed by atoms with Crippen LogP contribution in [0.5, 0.6) is 0 Å². The maximum absolute atomic E-state index is 11.7. The van der Waals surface area contributed by atoms with Crippen molar-refractivity contribution in [3.05, 3.63) is 11.6 Å². The molecule has 0 radical (unpaired) electrons. The smallest absolute Gasteiger partial charge is 0.331 e. The number of fused-ring (bicyclic) bond motifs is 3. The van der Waals surface area contributed by atoms with E-state index in [2.05, 4.69) is 4.90 Å². The third-order valence-electron chi connectivity index (χ3n) is 5.29. The molecule has 98 valence electrons. The topological polar surface area (TPSA) is 38.8 Å². The van der Waals surface area contributed by atoms with Crippen molar-refractivity contribution in [1.82, 2.24) is 4.90 Å². The largest absolute Gasteiger partial charge is 0.450 e. The Morgan fingerprint density at radius 3 is 3.22 bits per heavy atom. The zero-order valence-corrected chi connectivity index (χ0v) is 10.7. The molecule has 3 fully saturated rings. The first-order valence-corrected chi connectivity index (χ1v) is 6.97. The molecule has 4 atom stereocenters. The van der Waals surface area contributed by atoms with Gasteiger partial charge < -0.3 is 9.47 Å². The van der Waals surface area contributed by atoms with E-state index in [9.17, 15) is 4.79 Å². The minimum Gasteiger partial charge on any atom is -0.450 e. The summed E-state index contributed by atoms with van der Waals surface area (Å²) in [6, 6.07) is 0.831. The molecule has 4 nitrogen and oxygen atoms in total. The molecule has 3 heterocycles. The van der Waals surface area contributed by atoms with E-state index in [0.717, 1.165) is 25.8 Å². The molecule has 0 unspecified atom stereocenters. The molecule has 0 aromatic rings. The van der Waals surface area contributed by atoms with E-state index in [-0.39, 0.29) is 17.7 Å². The number of hydrogen-bond donors (Lipinski definition) is 0. The second-order valence-electron chi connectivity index (χ2n) is 5.98. The Morgan fingerprint density at radius 2 is 2.39 bits per heavy atom. The third kappa shape index (κ3) is 1.20. The molecule has 0 aromatic heterocycles. The summed E-state index contributed by atoms with van der Waals surface area (Å²) in [4.78, 5) is 14.3. The van der Waals surface area contributed by atoms with Crippen molar-refractivity contribution in [3.63, 3.8) is 0 Å². The lowest BCUT2D eigenvalue weighted by Gasteiger charge is -2.37. The van der Waals surface area contributed by atoms with Crippen LogP contribution in [0.3, 0.4) is 0 Å². The standard InChI is InChI=1S/C14H19NO3/c1-17-11-6-9-7-13(16)18-14(9)8-10(11)15-5-3-2-4-12(14)15/h7,10-12H,2-6,8H2,1H3/t10-,11+,12+,14-/m0/s1. The van der Waals surface area contributed by atoms with Gasteiger partial charge in [0, 0.05) is 32.1 Å². The molecule has 0 aromatic carbocycles. The minimum atomic E-state index is -0.294. The van der Waals surface area contributed by atoms with Crippen LogP contribution >= 0.6 is 0 Å². The predicted molar refractivity (Wildman–Crippen MR) is 65.1 cm³/mol. The number of esters is 1. The zero-order chi connectivity index (χ0) is 12.3. The number of hydrogen-bond acceptors (Lipinski definition) is 4. The molecular weight excluding hydrogens is 230 g/mol. The summed E-state index contributed by atoms with van der Waals surface area (Å²) in [5, 5.41) is 0. The van der Waals surface area contributed by atoms with Crippen LogP contribution in [0.4, 0.5) is 0 Å². The Balaban J connectivity index is 1.79. The van der Waals surface area contributed by atoms with Gasteiger partial charge in [-0.1, -0.05) is 6.42 Å². The van der Waals surface area contributed by atoms with Crippen LogP contribution in [0.15, 0.2) is 11.6 Å². The molecule has 0 amide bonds. The fourth-order valence-electron chi connectivity index (χ4n) is 4.58. The molecule has 2 bridgehead atoms. The summed E-state index contributed by atoms with van der Waals surface area (Å²) >= 11 is 0. The molecule has 3 aliphatic heterocycles. The van der Waals surface area contributed by atoms with E-state index in [0.29, 0.717) is 12.1 Å². The molecule has 2 saturated heterocycles. The van der Waals surface area contributed by atoms with E-state index in [1.165, 1.54) is 18.4 Å². The summed E-state index contributed by atoms with van der Waals surface area (Å²) in [7, 11) is 1.78. The van der Waals surface area contributed by atoms with Gasteiger partial charge in [0.05, 0.1) is 12.1 Å². The number of ether oxygens (including phenoxy) is 2. The van der Waals surface area contributed by atoms with Crippen molar-refractivity contribution >= 4 is 5.97 Å². The van der Waals surface area contributed by atoms with Gasteiger partial charge >= 0.3 is 5.97 Å². The number of piperidine rings is 1. The summed E-state index contributed by atoms with van der Waals surface area (Å²) in [5.41, 5.74) is 0.891.